The van der Waals surface area contributed by atoms with Crippen LogP contribution >= 0.6 is 11.6 Å². The molecule has 0 saturated heterocycles. The third-order valence-electron chi connectivity index (χ3n) is 3.70. The van der Waals surface area contributed by atoms with E-state index in [-0.39, 0.29) is 5.38 Å². The second-order valence-electron chi connectivity index (χ2n) is 4.58. The summed E-state index contributed by atoms with van der Waals surface area (Å²) in [4.78, 5) is 0. The highest BCUT2D eigenvalue weighted by Crippen LogP contribution is 2.50. The lowest BCUT2D eigenvalue weighted by Crippen LogP contribution is -2.00. The van der Waals surface area contributed by atoms with Gasteiger partial charge < -0.3 is 0 Å². The first-order valence-corrected chi connectivity index (χ1v) is 5.71. The first kappa shape index (κ1) is 10.0. The minimum atomic E-state index is 0.208. The topological polar surface area (TPSA) is 0 Å². The molecule has 0 amide bonds. The quantitative estimate of drug-likeness (QED) is 0.557. The first-order valence-electron chi connectivity index (χ1n) is 5.28. The Hall–Kier alpha value is -0.490. The van der Waals surface area contributed by atoms with E-state index in [0.717, 1.165) is 0 Å². The molecule has 1 aliphatic carbocycles. The molecule has 1 aromatic carbocycles. The average Bonchev–Trinajstić information content (AvgIpc) is 2.38. The molecule has 2 rings (SSSR count). The predicted octanol–water partition coefficient (Wildman–Crippen LogP) is 4.34. The van der Waals surface area contributed by atoms with E-state index in [1.165, 1.54) is 22.3 Å². The molecule has 0 bridgehead atoms. The van der Waals surface area contributed by atoms with Gasteiger partial charge in [-0.2, -0.15) is 0 Å². The van der Waals surface area contributed by atoms with Crippen LogP contribution in [0.25, 0.3) is 0 Å². The fourth-order valence-corrected chi connectivity index (χ4v) is 3.11. The van der Waals surface area contributed by atoms with Gasteiger partial charge in [-0.3, -0.25) is 0 Å². The number of aryl methyl sites for hydroxylation is 2. The van der Waals surface area contributed by atoms with Crippen LogP contribution in [-0.4, -0.2) is 0 Å². The van der Waals surface area contributed by atoms with E-state index >= 15 is 0 Å². The highest BCUT2D eigenvalue weighted by Gasteiger charge is 2.35. The summed E-state index contributed by atoms with van der Waals surface area (Å²) in [7, 11) is 0. The molecule has 0 fully saturated rings. The van der Waals surface area contributed by atoms with Gasteiger partial charge in [-0.05, 0) is 47.9 Å². The zero-order valence-corrected chi connectivity index (χ0v) is 10.0. The Morgan fingerprint density at radius 3 is 2.00 bits per heavy atom. The standard InChI is InChI=1S/C13H17Cl/c1-7-5-6-8(2)12-11(7)9(3)10(4)13(12)14/h5-6,9-10,13H,1-4H3. The molecule has 0 spiro atoms. The van der Waals surface area contributed by atoms with Crippen LogP contribution < -0.4 is 0 Å². The van der Waals surface area contributed by atoms with Crippen LogP contribution in [0.1, 0.15) is 47.4 Å². The van der Waals surface area contributed by atoms with E-state index < -0.39 is 0 Å². The molecule has 0 saturated carbocycles. The third kappa shape index (κ3) is 1.20. The number of hydrogen-bond acceptors (Lipinski definition) is 0. The van der Waals surface area contributed by atoms with Gasteiger partial charge in [-0.25, -0.2) is 0 Å². The highest BCUT2D eigenvalue weighted by molar-refractivity contribution is 6.21. The van der Waals surface area contributed by atoms with Crippen molar-refractivity contribution in [3.05, 3.63) is 34.4 Å². The van der Waals surface area contributed by atoms with Crippen LogP contribution in [0.3, 0.4) is 0 Å². The largest absolute Gasteiger partial charge is 0.117 e. The minimum Gasteiger partial charge on any atom is -0.117 e. The van der Waals surface area contributed by atoms with Gasteiger partial charge in [0, 0.05) is 0 Å². The maximum absolute atomic E-state index is 6.47. The zero-order chi connectivity index (χ0) is 10.5. The smallest absolute Gasteiger partial charge is 0.0621 e. The van der Waals surface area contributed by atoms with E-state index in [0.29, 0.717) is 11.8 Å². The fourth-order valence-electron chi connectivity index (χ4n) is 2.60. The molecular weight excluding hydrogens is 192 g/mol. The maximum atomic E-state index is 6.47. The monoisotopic (exact) mass is 208 g/mol. The maximum Gasteiger partial charge on any atom is 0.0621 e. The van der Waals surface area contributed by atoms with Crippen molar-refractivity contribution in [2.24, 2.45) is 5.92 Å². The summed E-state index contributed by atoms with van der Waals surface area (Å²) in [5, 5.41) is 0.208. The SMILES string of the molecule is Cc1ccc(C)c2c1C(C)C(C)C2Cl. The molecule has 1 aliphatic rings. The summed E-state index contributed by atoms with van der Waals surface area (Å²) in [5.74, 6) is 1.17. The molecule has 1 heteroatoms. The molecule has 14 heavy (non-hydrogen) atoms. The normalized spacial score (nSPS) is 30.5. The van der Waals surface area contributed by atoms with E-state index in [4.69, 9.17) is 11.6 Å². The number of alkyl halides is 1. The van der Waals surface area contributed by atoms with E-state index in [2.05, 4.69) is 39.8 Å². The molecule has 0 nitrogen and oxygen atoms in total. The predicted molar refractivity (Wildman–Crippen MR) is 62.1 cm³/mol. The molecular formula is C13H17Cl. The van der Waals surface area contributed by atoms with Crippen molar-refractivity contribution in [1.29, 1.82) is 0 Å². The van der Waals surface area contributed by atoms with Crippen molar-refractivity contribution in [3.8, 4) is 0 Å². The number of rotatable bonds is 0. The Balaban J connectivity index is 2.67. The first-order chi connectivity index (χ1) is 6.54. The highest BCUT2D eigenvalue weighted by atomic mass is 35.5. The molecule has 1 aromatic rings. The third-order valence-corrected chi connectivity index (χ3v) is 4.32. The second-order valence-corrected chi connectivity index (χ2v) is 5.05. The van der Waals surface area contributed by atoms with Crippen molar-refractivity contribution in [2.75, 3.05) is 0 Å². The summed E-state index contributed by atoms with van der Waals surface area (Å²) in [5.41, 5.74) is 5.64. The van der Waals surface area contributed by atoms with Crippen LogP contribution in [0.15, 0.2) is 12.1 Å². The Bertz CT molecular complexity index is 333. The van der Waals surface area contributed by atoms with Crippen molar-refractivity contribution in [3.63, 3.8) is 0 Å². The molecule has 0 heterocycles. The van der Waals surface area contributed by atoms with Crippen molar-refractivity contribution >= 4 is 11.6 Å². The number of hydrogen-bond donors (Lipinski definition) is 0. The number of benzene rings is 1. The van der Waals surface area contributed by atoms with E-state index in [1.54, 1.807) is 0 Å². The zero-order valence-electron chi connectivity index (χ0n) is 9.26. The molecule has 3 unspecified atom stereocenters. The lowest BCUT2D eigenvalue weighted by molar-refractivity contribution is 0.517. The Labute approximate surface area is 91.3 Å². The molecule has 3 atom stereocenters. The molecule has 0 radical (unpaired) electrons. The van der Waals surface area contributed by atoms with Gasteiger partial charge in [-0.15, -0.1) is 11.6 Å². The lowest BCUT2D eigenvalue weighted by atomic mass is 9.93. The second kappa shape index (κ2) is 3.27. The number of halogens is 1. The van der Waals surface area contributed by atoms with Gasteiger partial charge >= 0.3 is 0 Å². The molecule has 0 aromatic heterocycles. The molecule has 76 valence electrons. The van der Waals surface area contributed by atoms with E-state index in [1.807, 2.05) is 0 Å². The Morgan fingerprint density at radius 2 is 1.50 bits per heavy atom. The number of fused-ring (bicyclic) bond motifs is 1. The van der Waals surface area contributed by atoms with Crippen LogP contribution in [0.5, 0.6) is 0 Å². The fraction of sp³-hybridized carbons (Fsp3) is 0.538. The Kier molecular flexibility index (Phi) is 2.35. The van der Waals surface area contributed by atoms with E-state index in [9.17, 15) is 0 Å². The van der Waals surface area contributed by atoms with Gasteiger partial charge in [0.2, 0.25) is 0 Å². The van der Waals surface area contributed by atoms with Crippen molar-refractivity contribution in [2.45, 2.75) is 39.0 Å². The summed E-state index contributed by atoms with van der Waals surface area (Å²) < 4.78 is 0. The van der Waals surface area contributed by atoms with Crippen LogP contribution in [-0.2, 0) is 0 Å². The van der Waals surface area contributed by atoms with Crippen molar-refractivity contribution in [1.82, 2.24) is 0 Å². The lowest BCUT2D eigenvalue weighted by Gasteiger charge is -2.12. The Morgan fingerprint density at radius 1 is 1.00 bits per heavy atom. The van der Waals surface area contributed by atoms with Gasteiger partial charge in [0.25, 0.3) is 0 Å². The van der Waals surface area contributed by atoms with Crippen molar-refractivity contribution < 1.29 is 0 Å². The summed E-state index contributed by atoms with van der Waals surface area (Å²) >= 11 is 6.47. The summed E-state index contributed by atoms with van der Waals surface area (Å²) in [6.45, 7) is 8.90. The van der Waals surface area contributed by atoms with Gasteiger partial charge in [0.1, 0.15) is 0 Å². The van der Waals surface area contributed by atoms with Crippen LogP contribution in [0, 0.1) is 19.8 Å². The molecule has 0 N–H and O–H groups in total. The van der Waals surface area contributed by atoms with Gasteiger partial charge in [0.05, 0.1) is 5.38 Å². The summed E-state index contributed by atoms with van der Waals surface area (Å²) in [6, 6.07) is 4.40. The average molecular weight is 209 g/mol. The van der Waals surface area contributed by atoms with Crippen LogP contribution in [0.4, 0.5) is 0 Å². The van der Waals surface area contributed by atoms with Crippen LogP contribution in [0.2, 0.25) is 0 Å². The minimum absolute atomic E-state index is 0.208. The van der Waals surface area contributed by atoms with Gasteiger partial charge in [0.15, 0.2) is 0 Å². The molecule has 0 aliphatic heterocycles. The van der Waals surface area contributed by atoms with Gasteiger partial charge in [-0.1, -0.05) is 26.0 Å². The summed E-state index contributed by atoms with van der Waals surface area (Å²) in [6.07, 6.45) is 0.